The van der Waals surface area contributed by atoms with Gasteiger partial charge in [-0.2, -0.15) is 0 Å². The summed E-state index contributed by atoms with van der Waals surface area (Å²) in [6.07, 6.45) is 4.77. The standard InChI is InChI=1S/C19H22N6O.C2H6/c1-24(2)19(26)13-7-9-25-16(12-21-18(25)10-13)15-4-3-5-17(23-15)22-14-6-8-20-11-14;1-2/h3-5,7,9-10,12,14,20H,6,8,11H2,1-2H3,(H,22,23);1-2H3. The lowest BCUT2D eigenvalue weighted by atomic mass is 10.2. The highest BCUT2D eigenvalue weighted by Gasteiger charge is 2.16. The summed E-state index contributed by atoms with van der Waals surface area (Å²) in [6, 6.07) is 9.99. The zero-order chi connectivity index (χ0) is 20.1. The lowest BCUT2D eigenvalue weighted by molar-refractivity contribution is 0.0827. The molecule has 0 saturated carbocycles. The Morgan fingerprint density at radius 1 is 1.29 bits per heavy atom. The SMILES string of the molecule is CC.CN(C)C(=O)c1ccn2c(-c3cccc(NC4CCNC4)n3)cnc2c1. The minimum absolute atomic E-state index is 0.0356. The van der Waals surface area contributed by atoms with Crippen LogP contribution in [-0.2, 0) is 0 Å². The minimum atomic E-state index is -0.0356. The summed E-state index contributed by atoms with van der Waals surface area (Å²) >= 11 is 0. The lowest BCUT2D eigenvalue weighted by Crippen LogP contribution is -2.22. The van der Waals surface area contributed by atoms with Gasteiger partial charge in [-0.15, -0.1) is 0 Å². The van der Waals surface area contributed by atoms with Gasteiger partial charge in [0.1, 0.15) is 11.5 Å². The predicted molar refractivity (Wildman–Crippen MR) is 113 cm³/mol. The Kier molecular flexibility index (Phi) is 6.26. The molecule has 0 radical (unpaired) electrons. The average molecular weight is 380 g/mol. The number of imidazole rings is 1. The van der Waals surface area contributed by atoms with Crippen molar-refractivity contribution in [1.29, 1.82) is 0 Å². The second-order valence-electron chi connectivity index (χ2n) is 6.73. The number of carbonyl (C=O) groups excluding carboxylic acids is 1. The maximum atomic E-state index is 12.1. The highest BCUT2D eigenvalue weighted by Crippen LogP contribution is 2.22. The normalized spacial score (nSPS) is 15.8. The number of aromatic nitrogens is 3. The Bertz CT molecular complexity index is 943. The van der Waals surface area contributed by atoms with Crippen LogP contribution in [0.4, 0.5) is 5.82 Å². The molecule has 1 fully saturated rings. The lowest BCUT2D eigenvalue weighted by Gasteiger charge is -2.13. The van der Waals surface area contributed by atoms with E-state index < -0.39 is 0 Å². The van der Waals surface area contributed by atoms with E-state index in [1.54, 1.807) is 31.3 Å². The molecule has 0 bridgehead atoms. The molecular formula is C21H28N6O. The van der Waals surface area contributed by atoms with Gasteiger partial charge in [-0.05, 0) is 37.2 Å². The van der Waals surface area contributed by atoms with Gasteiger partial charge in [-0.1, -0.05) is 19.9 Å². The fourth-order valence-corrected chi connectivity index (χ4v) is 3.21. The van der Waals surface area contributed by atoms with Crippen molar-refractivity contribution in [2.45, 2.75) is 26.3 Å². The molecule has 1 unspecified atom stereocenters. The van der Waals surface area contributed by atoms with Crippen molar-refractivity contribution in [3.8, 4) is 11.4 Å². The van der Waals surface area contributed by atoms with E-state index in [2.05, 4.69) is 15.6 Å². The molecule has 7 nitrogen and oxygen atoms in total. The summed E-state index contributed by atoms with van der Waals surface area (Å²) in [4.78, 5) is 22.9. The maximum Gasteiger partial charge on any atom is 0.253 e. The van der Waals surface area contributed by atoms with Gasteiger partial charge in [-0.25, -0.2) is 9.97 Å². The van der Waals surface area contributed by atoms with Crippen LogP contribution in [0.15, 0.2) is 42.7 Å². The van der Waals surface area contributed by atoms with Crippen LogP contribution in [-0.4, -0.2) is 58.4 Å². The van der Waals surface area contributed by atoms with Crippen molar-refractivity contribution in [1.82, 2.24) is 24.6 Å². The Balaban J connectivity index is 0.00000109. The minimum Gasteiger partial charge on any atom is -0.366 e. The van der Waals surface area contributed by atoms with E-state index in [0.29, 0.717) is 11.6 Å². The van der Waals surface area contributed by atoms with Crippen LogP contribution in [0.2, 0.25) is 0 Å². The first-order chi connectivity index (χ1) is 13.6. The van der Waals surface area contributed by atoms with Crippen molar-refractivity contribution in [2.75, 3.05) is 32.5 Å². The second-order valence-corrected chi connectivity index (χ2v) is 6.73. The van der Waals surface area contributed by atoms with Crippen molar-refractivity contribution < 1.29 is 4.79 Å². The Morgan fingerprint density at radius 2 is 2.11 bits per heavy atom. The number of hydrogen-bond donors (Lipinski definition) is 2. The number of nitrogens with zero attached hydrogens (tertiary/aromatic N) is 4. The number of amides is 1. The summed E-state index contributed by atoms with van der Waals surface area (Å²) < 4.78 is 1.95. The zero-order valence-corrected chi connectivity index (χ0v) is 16.9. The van der Waals surface area contributed by atoms with E-state index in [1.807, 2.05) is 48.7 Å². The fourth-order valence-electron chi connectivity index (χ4n) is 3.21. The van der Waals surface area contributed by atoms with Gasteiger partial charge in [-0.3, -0.25) is 9.20 Å². The van der Waals surface area contributed by atoms with Crippen LogP contribution in [0, 0.1) is 0 Å². The van der Waals surface area contributed by atoms with Crippen LogP contribution in [0.3, 0.4) is 0 Å². The Morgan fingerprint density at radius 3 is 2.82 bits per heavy atom. The first-order valence-electron chi connectivity index (χ1n) is 9.75. The Hall–Kier alpha value is -2.93. The number of fused-ring (bicyclic) bond motifs is 1. The number of rotatable bonds is 4. The predicted octanol–water partition coefficient (Wildman–Crippen LogP) is 2.90. The van der Waals surface area contributed by atoms with Crippen LogP contribution >= 0.6 is 0 Å². The first kappa shape index (κ1) is 19.8. The molecular weight excluding hydrogens is 352 g/mol. The average Bonchev–Trinajstić information content (AvgIpc) is 3.38. The molecule has 7 heteroatoms. The van der Waals surface area contributed by atoms with E-state index >= 15 is 0 Å². The highest BCUT2D eigenvalue weighted by molar-refractivity contribution is 5.94. The first-order valence-corrected chi connectivity index (χ1v) is 9.75. The topological polar surface area (TPSA) is 74.6 Å². The van der Waals surface area contributed by atoms with Gasteiger partial charge >= 0.3 is 0 Å². The largest absolute Gasteiger partial charge is 0.366 e. The molecule has 1 atom stereocenters. The molecule has 4 rings (SSSR count). The molecule has 0 spiro atoms. The summed E-state index contributed by atoms with van der Waals surface area (Å²) in [7, 11) is 3.48. The number of anilines is 1. The summed E-state index contributed by atoms with van der Waals surface area (Å²) in [6.45, 7) is 6.00. The molecule has 28 heavy (non-hydrogen) atoms. The van der Waals surface area contributed by atoms with E-state index in [4.69, 9.17) is 4.98 Å². The van der Waals surface area contributed by atoms with Gasteiger partial charge < -0.3 is 15.5 Å². The molecule has 148 valence electrons. The van der Waals surface area contributed by atoms with Gasteiger partial charge in [0.05, 0.1) is 17.6 Å². The number of nitrogens with one attached hydrogen (secondary N) is 2. The number of hydrogen-bond acceptors (Lipinski definition) is 5. The van der Waals surface area contributed by atoms with Gasteiger partial charge in [0.15, 0.2) is 0 Å². The molecule has 0 aliphatic carbocycles. The Labute approximate surface area is 165 Å². The van der Waals surface area contributed by atoms with E-state index in [1.165, 1.54) is 0 Å². The molecule has 1 amide bonds. The van der Waals surface area contributed by atoms with Gasteiger partial charge in [0.2, 0.25) is 0 Å². The molecule has 4 heterocycles. The van der Waals surface area contributed by atoms with Crippen molar-refractivity contribution >= 4 is 17.4 Å². The molecule has 3 aromatic heterocycles. The molecule has 1 saturated heterocycles. The molecule has 1 aliphatic heterocycles. The van der Waals surface area contributed by atoms with Crippen LogP contribution in [0.1, 0.15) is 30.6 Å². The highest BCUT2D eigenvalue weighted by atomic mass is 16.2. The molecule has 2 N–H and O–H groups in total. The third kappa shape index (κ3) is 4.14. The van der Waals surface area contributed by atoms with E-state index in [0.717, 1.165) is 42.4 Å². The van der Waals surface area contributed by atoms with E-state index in [9.17, 15) is 4.79 Å². The summed E-state index contributed by atoms with van der Waals surface area (Å²) in [5, 5.41) is 6.82. The summed E-state index contributed by atoms with van der Waals surface area (Å²) in [5.41, 5.74) is 3.10. The van der Waals surface area contributed by atoms with E-state index in [-0.39, 0.29) is 5.91 Å². The van der Waals surface area contributed by atoms with Crippen LogP contribution in [0.25, 0.3) is 17.0 Å². The van der Waals surface area contributed by atoms with Crippen LogP contribution in [0.5, 0.6) is 0 Å². The van der Waals surface area contributed by atoms with Gasteiger partial charge in [0.25, 0.3) is 5.91 Å². The quantitative estimate of drug-likeness (QED) is 0.728. The third-order valence-electron chi connectivity index (χ3n) is 4.59. The number of carbonyl (C=O) groups is 1. The zero-order valence-electron chi connectivity index (χ0n) is 16.9. The third-order valence-corrected chi connectivity index (χ3v) is 4.59. The van der Waals surface area contributed by atoms with Gasteiger partial charge in [0, 0.05) is 38.4 Å². The summed E-state index contributed by atoms with van der Waals surface area (Å²) in [5.74, 6) is 0.831. The molecule has 0 aromatic carbocycles. The monoisotopic (exact) mass is 380 g/mol. The molecule has 1 aliphatic rings. The second kappa shape index (κ2) is 8.84. The van der Waals surface area contributed by atoms with Crippen molar-refractivity contribution in [3.63, 3.8) is 0 Å². The smallest absolute Gasteiger partial charge is 0.253 e. The fraction of sp³-hybridized carbons (Fsp3) is 0.381. The van der Waals surface area contributed by atoms with Crippen molar-refractivity contribution in [3.05, 3.63) is 48.3 Å². The maximum absolute atomic E-state index is 12.1. The van der Waals surface area contributed by atoms with Crippen LogP contribution < -0.4 is 10.6 Å². The number of pyridine rings is 2. The molecule has 3 aromatic rings. The van der Waals surface area contributed by atoms with Crippen molar-refractivity contribution in [2.24, 2.45) is 0 Å².